The van der Waals surface area contributed by atoms with Crippen molar-refractivity contribution < 1.29 is 14.3 Å². The third-order valence-electron chi connectivity index (χ3n) is 0.450. The van der Waals surface area contributed by atoms with Crippen molar-refractivity contribution in [3.8, 4) is 0 Å². The van der Waals surface area contributed by atoms with Gasteiger partial charge in [0.15, 0.2) is 0 Å². The van der Waals surface area contributed by atoms with Crippen LogP contribution in [0.15, 0.2) is 0 Å². The summed E-state index contributed by atoms with van der Waals surface area (Å²) in [5.74, 6) is -0.893. The minimum atomic E-state index is -0.893. The molecule has 8 heavy (non-hydrogen) atoms. The summed E-state index contributed by atoms with van der Waals surface area (Å²) in [7, 11) is 0. The van der Waals surface area contributed by atoms with Gasteiger partial charge in [0.25, 0.3) is 5.12 Å². The standard InChI is InChI=1S/C4H6O3S/c1-2-7-3(5)4(6)8/h2H2,1H3,(H,6,8). The first-order valence-electron chi connectivity index (χ1n) is 2.08. The Morgan fingerprint density at radius 1 is 1.62 bits per heavy atom. The van der Waals surface area contributed by atoms with Crippen molar-refractivity contribution >= 4 is 23.7 Å². The molecular weight excluding hydrogens is 128 g/mol. The fourth-order valence-corrected chi connectivity index (χ4v) is 0.257. The van der Waals surface area contributed by atoms with Gasteiger partial charge in [0.2, 0.25) is 0 Å². The van der Waals surface area contributed by atoms with E-state index in [2.05, 4.69) is 17.4 Å². The Morgan fingerprint density at radius 2 is 2.12 bits per heavy atom. The van der Waals surface area contributed by atoms with Crippen molar-refractivity contribution in [2.75, 3.05) is 6.61 Å². The molecule has 0 rings (SSSR count). The molecule has 0 spiro atoms. The van der Waals surface area contributed by atoms with Crippen LogP contribution in [-0.2, 0) is 14.3 Å². The molecule has 0 atom stereocenters. The van der Waals surface area contributed by atoms with Gasteiger partial charge in [0.1, 0.15) is 0 Å². The van der Waals surface area contributed by atoms with Gasteiger partial charge in [-0.2, -0.15) is 0 Å². The summed E-state index contributed by atoms with van der Waals surface area (Å²) in [5.41, 5.74) is 0. The van der Waals surface area contributed by atoms with Gasteiger partial charge in [-0.25, -0.2) is 4.79 Å². The number of thiol groups is 1. The molecule has 46 valence electrons. The molecule has 0 aliphatic carbocycles. The minimum Gasteiger partial charge on any atom is -0.460 e. The average molecular weight is 134 g/mol. The highest BCUT2D eigenvalue weighted by molar-refractivity contribution is 7.98. The van der Waals surface area contributed by atoms with Crippen LogP contribution < -0.4 is 0 Å². The lowest BCUT2D eigenvalue weighted by molar-refractivity contribution is -0.149. The van der Waals surface area contributed by atoms with Crippen LogP contribution in [0.25, 0.3) is 0 Å². The van der Waals surface area contributed by atoms with Crippen molar-refractivity contribution in [3.05, 3.63) is 0 Å². The molecule has 0 heterocycles. The Hall–Kier alpha value is -0.510. The van der Waals surface area contributed by atoms with Crippen molar-refractivity contribution in [2.45, 2.75) is 6.92 Å². The smallest absolute Gasteiger partial charge is 0.385 e. The predicted octanol–water partition coefficient (Wildman–Crippen LogP) is 0.00590. The lowest BCUT2D eigenvalue weighted by atomic mass is 10.7. The van der Waals surface area contributed by atoms with E-state index in [1.54, 1.807) is 6.92 Å². The molecule has 0 saturated heterocycles. The molecular formula is C4H6O3S. The highest BCUT2D eigenvalue weighted by atomic mass is 32.1. The third-order valence-corrected chi connectivity index (χ3v) is 0.633. The largest absolute Gasteiger partial charge is 0.460 e. The van der Waals surface area contributed by atoms with Gasteiger partial charge in [-0.05, 0) is 6.92 Å². The van der Waals surface area contributed by atoms with E-state index in [0.29, 0.717) is 0 Å². The Labute approximate surface area is 52.4 Å². The maximum absolute atomic E-state index is 10.1. The molecule has 4 heteroatoms. The summed E-state index contributed by atoms with van der Waals surface area (Å²) >= 11 is 3.21. The summed E-state index contributed by atoms with van der Waals surface area (Å²) in [4.78, 5) is 20.0. The maximum Gasteiger partial charge on any atom is 0.385 e. The van der Waals surface area contributed by atoms with Crippen LogP contribution in [0.1, 0.15) is 6.92 Å². The van der Waals surface area contributed by atoms with E-state index in [-0.39, 0.29) is 6.61 Å². The van der Waals surface area contributed by atoms with Crippen LogP contribution >= 0.6 is 12.6 Å². The summed E-state index contributed by atoms with van der Waals surface area (Å²) in [5, 5.41) is -0.855. The van der Waals surface area contributed by atoms with E-state index >= 15 is 0 Å². The minimum absolute atomic E-state index is 0.213. The SMILES string of the molecule is CCOC(=O)C(=O)S. The number of esters is 1. The van der Waals surface area contributed by atoms with E-state index in [9.17, 15) is 9.59 Å². The maximum atomic E-state index is 10.1. The molecule has 0 aromatic carbocycles. The molecule has 0 saturated carbocycles. The highest BCUT2D eigenvalue weighted by Crippen LogP contribution is 1.83. The topological polar surface area (TPSA) is 43.4 Å². The van der Waals surface area contributed by atoms with Gasteiger partial charge in [-0.1, -0.05) is 12.6 Å². The zero-order valence-electron chi connectivity index (χ0n) is 4.38. The molecule has 0 N–H and O–H groups in total. The lowest BCUT2D eigenvalue weighted by Crippen LogP contribution is -2.10. The van der Waals surface area contributed by atoms with E-state index in [4.69, 9.17) is 0 Å². The quantitative estimate of drug-likeness (QED) is 0.328. The molecule has 0 aromatic heterocycles. The Morgan fingerprint density at radius 3 is 2.25 bits per heavy atom. The summed E-state index contributed by atoms with van der Waals surface area (Å²) in [6.07, 6.45) is 0. The van der Waals surface area contributed by atoms with E-state index < -0.39 is 11.1 Å². The number of carbonyl (C=O) groups excluding carboxylic acids is 2. The molecule has 0 fully saturated rings. The summed E-state index contributed by atoms with van der Waals surface area (Å²) in [6, 6.07) is 0. The van der Waals surface area contributed by atoms with Gasteiger partial charge in [-0.15, -0.1) is 0 Å². The molecule has 0 aliphatic rings. The second-order valence-corrected chi connectivity index (χ2v) is 1.43. The molecule has 0 bridgehead atoms. The molecule has 3 nitrogen and oxygen atoms in total. The lowest BCUT2D eigenvalue weighted by Gasteiger charge is -1.92. The third kappa shape index (κ3) is 2.63. The van der Waals surface area contributed by atoms with E-state index in [0.717, 1.165) is 0 Å². The number of hydrogen-bond acceptors (Lipinski definition) is 3. The fourth-order valence-electron chi connectivity index (χ4n) is 0.193. The second kappa shape index (κ2) is 3.49. The fraction of sp³-hybridized carbons (Fsp3) is 0.500. The van der Waals surface area contributed by atoms with Crippen LogP contribution in [0.4, 0.5) is 0 Å². The predicted molar refractivity (Wildman–Crippen MR) is 30.6 cm³/mol. The van der Waals surface area contributed by atoms with Crippen LogP contribution in [0.2, 0.25) is 0 Å². The van der Waals surface area contributed by atoms with Gasteiger partial charge >= 0.3 is 5.97 Å². The molecule has 0 amide bonds. The Balaban J connectivity index is 3.49. The summed E-state index contributed by atoms with van der Waals surface area (Å²) < 4.78 is 4.24. The Bertz CT molecular complexity index is 110. The Kier molecular flexibility index (Phi) is 3.26. The van der Waals surface area contributed by atoms with Crippen LogP contribution in [0.5, 0.6) is 0 Å². The molecule has 0 aromatic rings. The van der Waals surface area contributed by atoms with Crippen LogP contribution in [0, 0.1) is 0 Å². The number of rotatable bonds is 2. The van der Waals surface area contributed by atoms with Crippen molar-refractivity contribution in [1.29, 1.82) is 0 Å². The molecule has 0 unspecified atom stereocenters. The number of carbonyl (C=O) groups is 2. The zero-order chi connectivity index (χ0) is 6.57. The van der Waals surface area contributed by atoms with Crippen molar-refractivity contribution in [1.82, 2.24) is 0 Å². The second-order valence-electron chi connectivity index (χ2n) is 1.03. The van der Waals surface area contributed by atoms with E-state index in [1.165, 1.54) is 0 Å². The van der Waals surface area contributed by atoms with Gasteiger partial charge in [0.05, 0.1) is 6.61 Å². The van der Waals surface area contributed by atoms with Gasteiger partial charge < -0.3 is 4.74 Å². The van der Waals surface area contributed by atoms with Crippen LogP contribution in [-0.4, -0.2) is 17.7 Å². The van der Waals surface area contributed by atoms with Crippen LogP contribution in [0.3, 0.4) is 0 Å². The number of hydrogen-bond donors (Lipinski definition) is 1. The normalized spacial score (nSPS) is 8.25. The van der Waals surface area contributed by atoms with Crippen molar-refractivity contribution in [2.24, 2.45) is 0 Å². The molecule has 0 radical (unpaired) electrons. The van der Waals surface area contributed by atoms with E-state index in [1.807, 2.05) is 0 Å². The average Bonchev–Trinajstić information content (AvgIpc) is 1.67. The first-order valence-corrected chi connectivity index (χ1v) is 2.53. The monoisotopic (exact) mass is 134 g/mol. The van der Waals surface area contributed by atoms with Crippen molar-refractivity contribution in [3.63, 3.8) is 0 Å². The highest BCUT2D eigenvalue weighted by Gasteiger charge is 2.06. The molecule has 0 aliphatic heterocycles. The number of ether oxygens (including phenoxy) is 1. The van der Waals surface area contributed by atoms with Gasteiger partial charge in [-0.3, -0.25) is 4.79 Å². The first kappa shape index (κ1) is 7.49. The first-order chi connectivity index (χ1) is 3.68. The van der Waals surface area contributed by atoms with Gasteiger partial charge in [0, 0.05) is 0 Å². The summed E-state index contributed by atoms with van der Waals surface area (Å²) in [6.45, 7) is 1.83. The zero-order valence-corrected chi connectivity index (χ0v) is 5.27.